The second-order valence-electron chi connectivity index (χ2n) is 7.28. The van der Waals surface area contributed by atoms with Gasteiger partial charge in [-0.25, -0.2) is 4.79 Å². The van der Waals surface area contributed by atoms with Crippen LogP contribution in [0.4, 0.5) is 13.2 Å². The summed E-state index contributed by atoms with van der Waals surface area (Å²) in [5.74, 6) is -1.24. The molecule has 9 heteroatoms. The number of carbonyl (C=O) groups excluding carboxylic acids is 1. The topological polar surface area (TPSA) is 35.5 Å². The first-order chi connectivity index (χ1) is 12.3. The normalized spacial score (nSPS) is 12.8. The molecule has 0 amide bonds. The summed E-state index contributed by atoms with van der Waals surface area (Å²) in [6, 6.07) is 2.87. The molecule has 0 unspecified atom stereocenters. The van der Waals surface area contributed by atoms with Gasteiger partial charge in [-0.05, 0) is 28.8 Å². The van der Waals surface area contributed by atoms with Crippen molar-refractivity contribution in [2.45, 2.75) is 74.3 Å². The van der Waals surface area contributed by atoms with E-state index < -0.39 is 25.3 Å². The van der Waals surface area contributed by atoms with Gasteiger partial charge in [-0.1, -0.05) is 41.5 Å². The van der Waals surface area contributed by atoms with Crippen molar-refractivity contribution in [2.75, 3.05) is 7.11 Å². The largest absolute Gasteiger partial charge is 0.573 e. The van der Waals surface area contributed by atoms with Crippen LogP contribution >= 0.6 is 23.8 Å². The molecule has 0 fully saturated rings. The molecule has 0 saturated carbocycles. The van der Waals surface area contributed by atoms with Gasteiger partial charge in [0.15, 0.2) is 0 Å². The summed E-state index contributed by atoms with van der Waals surface area (Å²) in [6.45, 7) is 12.9. The molecule has 0 aromatic heterocycles. The molecule has 1 aromatic carbocycles. The average Bonchev–Trinajstić information content (AvgIpc) is 2.52. The van der Waals surface area contributed by atoms with Gasteiger partial charge in [-0.2, -0.15) is 0 Å². The highest BCUT2D eigenvalue weighted by Crippen LogP contribution is 2.53. The number of alkyl halides is 3. The Morgan fingerprint density at radius 3 is 1.93 bits per heavy atom. The van der Waals surface area contributed by atoms with E-state index in [0.29, 0.717) is 21.5 Å². The number of ether oxygens (including phenoxy) is 2. The van der Waals surface area contributed by atoms with Crippen molar-refractivity contribution in [1.29, 1.82) is 0 Å². The van der Waals surface area contributed by atoms with Gasteiger partial charge in [0.25, 0.3) is 0 Å². The van der Waals surface area contributed by atoms with Crippen molar-refractivity contribution in [2.24, 2.45) is 0 Å². The molecule has 27 heavy (non-hydrogen) atoms. The zero-order chi connectivity index (χ0) is 21.2. The Morgan fingerprint density at radius 2 is 1.56 bits per heavy atom. The van der Waals surface area contributed by atoms with Crippen LogP contribution in [0, 0.1) is 0 Å². The number of thiol groups is 1. The molecule has 0 saturated heterocycles. The number of hydrogen-bond acceptors (Lipinski definition) is 5. The maximum atomic E-state index is 12.8. The summed E-state index contributed by atoms with van der Waals surface area (Å²) in [6.07, 6.45) is -4.88. The number of methoxy groups -OCH3 is 1. The minimum absolute atomic E-state index is 0.0377. The van der Waals surface area contributed by atoms with E-state index in [1.807, 2.05) is 0 Å². The molecule has 0 spiro atoms. The van der Waals surface area contributed by atoms with Crippen molar-refractivity contribution >= 4 is 37.0 Å². The SMILES string of the molecule is COC(=O)c1cc(S[Si](C(C)C)(C(C)C)C(C)C)cc(OC(F)(F)F)c1S. The van der Waals surface area contributed by atoms with E-state index in [9.17, 15) is 18.0 Å². The Morgan fingerprint density at radius 1 is 1.07 bits per heavy atom. The summed E-state index contributed by atoms with van der Waals surface area (Å²) in [4.78, 5) is 12.4. The first kappa shape index (κ1) is 24.2. The standard InChI is InChI=1S/C18H27F3O3S2Si/c1-10(2)27(11(3)4,12(5)6)26-13-8-14(17(22)23-7)16(25)15(9-13)24-18(19,20)21/h8-12,25H,1-7H3. The van der Waals surface area contributed by atoms with Crippen LogP contribution in [0.1, 0.15) is 51.9 Å². The summed E-state index contributed by atoms with van der Waals surface area (Å²) in [5.41, 5.74) is 1.11. The number of halogens is 3. The molecule has 0 N–H and O–H groups in total. The molecular weight excluding hydrogens is 413 g/mol. The highest BCUT2D eigenvalue weighted by atomic mass is 32.4. The second-order valence-corrected chi connectivity index (χ2v) is 16.3. The van der Waals surface area contributed by atoms with Crippen molar-refractivity contribution in [1.82, 2.24) is 0 Å². The first-order valence-corrected chi connectivity index (χ1v) is 12.9. The van der Waals surface area contributed by atoms with Gasteiger partial charge in [0, 0.05) is 4.90 Å². The van der Waals surface area contributed by atoms with E-state index >= 15 is 0 Å². The van der Waals surface area contributed by atoms with Crippen LogP contribution in [0.15, 0.2) is 21.9 Å². The van der Waals surface area contributed by atoms with Gasteiger partial charge >= 0.3 is 12.3 Å². The van der Waals surface area contributed by atoms with E-state index in [2.05, 4.69) is 58.9 Å². The lowest BCUT2D eigenvalue weighted by molar-refractivity contribution is -0.275. The molecule has 154 valence electrons. The monoisotopic (exact) mass is 440 g/mol. The summed E-state index contributed by atoms with van der Waals surface area (Å²) in [5, 5.41) is 0. The predicted molar refractivity (Wildman–Crippen MR) is 109 cm³/mol. The van der Waals surface area contributed by atoms with Crippen LogP contribution in [-0.4, -0.2) is 26.7 Å². The van der Waals surface area contributed by atoms with Crippen molar-refractivity contribution in [3.8, 4) is 5.75 Å². The lowest BCUT2D eigenvalue weighted by Crippen LogP contribution is -2.41. The molecule has 0 heterocycles. The first-order valence-electron chi connectivity index (χ1n) is 8.66. The molecule has 1 aromatic rings. The Labute approximate surface area is 169 Å². The smallest absolute Gasteiger partial charge is 0.465 e. The Kier molecular flexibility index (Phi) is 8.20. The number of esters is 1. The molecule has 3 nitrogen and oxygen atoms in total. The van der Waals surface area contributed by atoms with Gasteiger partial charge < -0.3 is 9.47 Å². The summed E-state index contributed by atoms with van der Waals surface area (Å²) < 4.78 is 47.3. The molecule has 0 radical (unpaired) electrons. The van der Waals surface area contributed by atoms with E-state index in [1.54, 1.807) is 17.3 Å². The maximum Gasteiger partial charge on any atom is 0.573 e. The van der Waals surface area contributed by atoms with Gasteiger partial charge in [0.2, 0.25) is 0 Å². The lowest BCUT2D eigenvalue weighted by Gasteiger charge is -2.42. The van der Waals surface area contributed by atoms with E-state index in [-0.39, 0.29) is 10.5 Å². The van der Waals surface area contributed by atoms with Crippen molar-refractivity contribution in [3.05, 3.63) is 17.7 Å². The molecule has 0 aliphatic carbocycles. The fraction of sp³-hybridized carbons (Fsp3) is 0.611. The predicted octanol–water partition coefficient (Wildman–Crippen LogP) is 6.93. The molecular formula is C18H27F3O3S2Si. The average molecular weight is 441 g/mol. The minimum Gasteiger partial charge on any atom is -0.465 e. The second kappa shape index (κ2) is 9.13. The summed E-state index contributed by atoms with van der Waals surface area (Å²) >= 11 is 5.67. The fourth-order valence-electron chi connectivity index (χ4n) is 3.67. The molecule has 0 aliphatic heterocycles. The third-order valence-corrected chi connectivity index (χ3v) is 17.4. The van der Waals surface area contributed by atoms with Crippen molar-refractivity contribution in [3.63, 3.8) is 0 Å². The van der Waals surface area contributed by atoms with Crippen LogP contribution < -0.4 is 4.74 Å². The Hall–Kier alpha value is -0.803. The van der Waals surface area contributed by atoms with Crippen molar-refractivity contribution < 1.29 is 27.4 Å². The quantitative estimate of drug-likeness (QED) is 0.283. The van der Waals surface area contributed by atoms with Crippen LogP contribution in [0.3, 0.4) is 0 Å². The van der Waals surface area contributed by atoms with Gasteiger partial charge in [0.1, 0.15) is 13.0 Å². The Balaban J connectivity index is 3.58. The summed E-state index contributed by atoms with van der Waals surface area (Å²) in [7, 11) is -0.857. The third-order valence-electron chi connectivity index (χ3n) is 4.68. The lowest BCUT2D eigenvalue weighted by atomic mass is 10.2. The molecule has 0 bridgehead atoms. The van der Waals surface area contributed by atoms with Gasteiger partial charge in [0.05, 0.1) is 17.6 Å². The van der Waals surface area contributed by atoms with E-state index in [4.69, 9.17) is 4.74 Å². The van der Waals surface area contributed by atoms with Gasteiger partial charge in [-0.15, -0.1) is 37.0 Å². The minimum atomic E-state index is -4.88. The van der Waals surface area contributed by atoms with Crippen LogP contribution in [-0.2, 0) is 4.74 Å². The zero-order valence-corrected chi connectivity index (χ0v) is 19.3. The van der Waals surface area contributed by atoms with E-state index in [1.165, 1.54) is 13.2 Å². The fourth-order valence-corrected chi connectivity index (χ4v) is 13.1. The highest BCUT2D eigenvalue weighted by Gasteiger charge is 2.44. The van der Waals surface area contributed by atoms with E-state index in [0.717, 1.165) is 0 Å². The molecule has 0 atom stereocenters. The maximum absolute atomic E-state index is 12.8. The number of rotatable bonds is 7. The third kappa shape index (κ3) is 5.60. The van der Waals surface area contributed by atoms with Crippen LogP contribution in [0.5, 0.6) is 5.75 Å². The number of benzene rings is 1. The van der Waals surface area contributed by atoms with Crippen LogP contribution in [0.2, 0.25) is 16.6 Å². The molecule has 1 rings (SSSR count). The Bertz CT molecular complexity index is 655. The number of carbonyl (C=O) groups is 1. The highest BCUT2D eigenvalue weighted by molar-refractivity contribution is 8.29. The molecule has 0 aliphatic rings. The number of hydrogen-bond donors (Lipinski definition) is 1. The van der Waals surface area contributed by atoms with Gasteiger partial charge in [-0.3, -0.25) is 0 Å². The zero-order valence-electron chi connectivity index (χ0n) is 16.6. The van der Waals surface area contributed by atoms with Crippen LogP contribution in [0.25, 0.3) is 0 Å².